The molecule has 1 aromatic rings. The Morgan fingerprint density at radius 2 is 2.12 bits per heavy atom. The molecule has 1 aliphatic rings. The summed E-state index contributed by atoms with van der Waals surface area (Å²) in [5.74, 6) is 0.228. The number of nitrogens with zero attached hydrogens (tertiary/aromatic N) is 2. The Balaban J connectivity index is 2.14. The molecular formula is C16H24N4O4. The number of hydrogen-bond donors (Lipinski definition) is 2. The summed E-state index contributed by atoms with van der Waals surface area (Å²) in [6.45, 7) is 4.02. The summed E-state index contributed by atoms with van der Waals surface area (Å²) in [5, 5.41) is 14.4. The Kier molecular flexibility index (Phi) is 5.26. The van der Waals surface area contributed by atoms with Gasteiger partial charge in [0.25, 0.3) is 0 Å². The Labute approximate surface area is 140 Å². The second kappa shape index (κ2) is 7.02. The maximum Gasteiger partial charge on any atom is 0.310 e. The van der Waals surface area contributed by atoms with Crippen molar-refractivity contribution >= 4 is 17.3 Å². The van der Waals surface area contributed by atoms with Crippen LogP contribution in [0.25, 0.3) is 0 Å². The first-order valence-electron chi connectivity index (χ1n) is 8.05. The zero-order valence-electron chi connectivity index (χ0n) is 14.2. The van der Waals surface area contributed by atoms with Crippen LogP contribution in [0, 0.1) is 21.4 Å². The molecule has 0 atom stereocenters. The maximum atomic E-state index is 11.9. The summed E-state index contributed by atoms with van der Waals surface area (Å²) < 4.78 is 5.04. The fourth-order valence-electron chi connectivity index (χ4n) is 3.41. The van der Waals surface area contributed by atoms with Gasteiger partial charge < -0.3 is 15.8 Å². The van der Waals surface area contributed by atoms with Crippen LogP contribution in [0.1, 0.15) is 39.5 Å². The number of carbonyl (C=O) groups excluding carboxylic acids is 1. The topological polar surface area (TPSA) is 120 Å². The van der Waals surface area contributed by atoms with Gasteiger partial charge in [-0.1, -0.05) is 13.8 Å². The van der Waals surface area contributed by atoms with Crippen molar-refractivity contribution in [1.82, 2.24) is 4.98 Å². The third kappa shape index (κ3) is 3.42. The van der Waals surface area contributed by atoms with Gasteiger partial charge in [-0.3, -0.25) is 14.9 Å². The molecule has 0 aromatic carbocycles. The van der Waals surface area contributed by atoms with E-state index >= 15 is 0 Å². The van der Waals surface area contributed by atoms with Crippen molar-refractivity contribution in [3.63, 3.8) is 0 Å². The molecule has 1 aromatic heterocycles. The third-order valence-corrected chi connectivity index (χ3v) is 5.10. The second-order valence-corrected chi connectivity index (χ2v) is 6.59. The van der Waals surface area contributed by atoms with Crippen LogP contribution < -0.4 is 15.8 Å². The average Bonchev–Trinajstić information content (AvgIpc) is 2.54. The van der Waals surface area contributed by atoms with Gasteiger partial charge in [0, 0.05) is 12.1 Å². The number of methoxy groups -OCH3 is 1. The number of aromatic nitrogens is 1. The summed E-state index contributed by atoms with van der Waals surface area (Å²) in [7, 11) is 1.46. The summed E-state index contributed by atoms with van der Waals surface area (Å²) in [6, 6.07) is 1.57. The monoisotopic (exact) mass is 336 g/mol. The molecule has 1 heterocycles. The lowest BCUT2D eigenvalue weighted by molar-refractivity contribution is -0.384. The molecule has 0 radical (unpaired) electrons. The number of nitrogens with two attached hydrogens (primary N) is 1. The molecule has 1 fully saturated rings. The highest BCUT2D eigenvalue weighted by Gasteiger charge is 2.43. The van der Waals surface area contributed by atoms with Crippen molar-refractivity contribution < 1.29 is 14.5 Å². The van der Waals surface area contributed by atoms with Crippen molar-refractivity contribution in [2.75, 3.05) is 12.4 Å². The number of nitrogens with one attached hydrogen (secondary N) is 1. The van der Waals surface area contributed by atoms with E-state index in [-0.39, 0.29) is 23.6 Å². The van der Waals surface area contributed by atoms with Gasteiger partial charge >= 0.3 is 5.69 Å². The van der Waals surface area contributed by atoms with Crippen molar-refractivity contribution in [2.45, 2.75) is 45.6 Å². The minimum atomic E-state index is -0.486. The molecule has 1 aliphatic carbocycles. The molecule has 0 bridgehead atoms. The number of amides is 1. The number of pyridine rings is 1. The van der Waals surface area contributed by atoms with Gasteiger partial charge in [0.15, 0.2) is 0 Å². The molecule has 24 heavy (non-hydrogen) atoms. The van der Waals surface area contributed by atoms with Crippen LogP contribution in [0.5, 0.6) is 5.88 Å². The number of nitro groups is 1. The molecule has 1 saturated carbocycles. The number of rotatable bonds is 6. The first-order chi connectivity index (χ1) is 11.3. The number of primary amides is 1. The van der Waals surface area contributed by atoms with E-state index in [9.17, 15) is 14.9 Å². The SMILES string of the molecule is COc1cc(NC2CCC(C(N)=O)(C(C)C)CC2)c([N+](=O)[O-])cn1. The van der Waals surface area contributed by atoms with Gasteiger partial charge in [-0.25, -0.2) is 4.98 Å². The van der Waals surface area contributed by atoms with Crippen molar-refractivity contribution in [1.29, 1.82) is 0 Å². The van der Waals surface area contributed by atoms with Crippen LogP contribution in [0.4, 0.5) is 11.4 Å². The fraction of sp³-hybridized carbons (Fsp3) is 0.625. The molecule has 3 N–H and O–H groups in total. The van der Waals surface area contributed by atoms with Crippen LogP contribution in [-0.2, 0) is 4.79 Å². The van der Waals surface area contributed by atoms with Gasteiger partial charge in [0.05, 0.1) is 17.4 Å². The Morgan fingerprint density at radius 1 is 1.50 bits per heavy atom. The highest BCUT2D eigenvalue weighted by molar-refractivity contribution is 5.81. The Morgan fingerprint density at radius 3 is 2.58 bits per heavy atom. The summed E-state index contributed by atoms with van der Waals surface area (Å²) in [4.78, 5) is 26.5. The van der Waals surface area contributed by atoms with Gasteiger partial charge in [-0.05, 0) is 31.6 Å². The van der Waals surface area contributed by atoms with E-state index in [2.05, 4.69) is 10.3 Å². The molecule has 0 aliphatic heterocycles. The lowest BCUT2D eigenvalue weighted by atomic mass is 9.65. The Bertz CT molecular complexity index is 625. The van der Waals surface area contributed by atoms with Crippen LogP contribution in [0.3, 0.4) is 0 Å². The molecule has 0 unspecified atom stereocenters. The molecule has 1 amide bonds. The molecular weight excluding hydrogens is 312 g/mol. The standard InChI is InChI=1S/C16H24N4O4/c1-10(2)16(15(17)21)6-4-11(5-7-16)19-12-8-14(24-3)18-9-13(12)20(22)23/h8-11H,4-7H2,1-3H3,(H2,17,21)(H,18,19). The zero-order valence-corrected chi connectivity index (χ0v) is 14.2. The third-order valence-electron chi connectivity index (χ3n) is 5.10. The van der Waals surface area contributed by atoms with Gasteiger partial charge in [-0.2, -0.15) is 0 Å². The average molecular weight is 336 g/mol. The highest BCUT2D eigenvalue weighted by atomic mass is 16.6. The minimum absolute atomic E-state index is 0.0435. The summed E-state index contributed by atoms with van der Waals surface area (Å²) >= 11 is 0. The predicted octanol–water partition coefficient (Wildman–Crippen LogP) is 2.48. The molecule has 0 saturated heterocycles. The molecule has 2 rings (SSSR count). The zero-order chi connectivity index (χ0) is 17.9. The van der Waals surface area contributed by atoms with Crippen LogP contribution in [0.15, 0.2) is 12.3 Å². The number of carbonyl (C=O) groups is 1. The van der Waals surface area contributed by atoms with E-state index in [1.165, 1.54) is 19.4 Å². The maximum absolute atomic E-state index is 11.9. The van der Waals surface area contributed by atoms with Crippen molar-refractivity contribution in [2.24, 2.45) is 17.1 Å². The fourth-order valence-corrected chi connectivity index (χ4v) is 3.41. The lowest BCUT2D eigenvalue weighted by Crippen LogP contribution is -2.46. The van der Waals surface area contributed by atoms with Gasteiger partial charge in [-0.15, -0.1) is 0 Å². The van der Waals surface area contributed by atoms with Crippen LogP contribution >= 0.6 is 0 Å². The molecule has 8 nitrogen and oxygen atoms in total. The Hall–Kier alpha value is -2.38. The van der Waals surface area contributed by atoms with E-state index in [1.54, 1.807) is 0 Å². The molecule has 8 heteroatoms. The number of hydrogen-bond acceptors (Lipinski definition) is 6. The van der Waals surface area contributed by atoms with Crippen molar-refractivity contribution in [3.8, 4) is 5.88 Å². The smallest absolute Gasteiger partial charge is 0.310 e. The van der Waals surface area contributed by atoms with E-state index in [1.807, 2.05) is 13.8 Å². The van der Waals surface area contributed by atoms with Gasteiger partial charge in [0.1, 0.15) is 11.9 Å². The molecule has 0 spiro atoms. The minimum Gasteiger partial charge on any atom is -0.481 e. The van der Waals surface area contributed by atoms with Crippen LogP contribution in [-0.4, -0.2) is 29.0 Å². The first kappa shape index (κ1) is 18.0. The number of anilines is 1. The number of ether oxygens (including phenoxy) is 1. The van der Waals surface area contributed by atoms with Gasteiger partial charge in [0.2, 0.25) is 11.8 Å². The van der Waals surface area contributed by atoms with E-state index in [0.29, 0.717) is 24.4 Å². The molecule has 132 valence electrons. The second-order valence-electron chi connectivity index (χ2n) is 6.59. The normalized spacial score (nSPS) is 23.8. The predicted molar refractivity (Wildman–Crippen MR) is 89.8 cm³/mol. The lowest BCUT2D eigenvalue weighted by Gasteiger charge is -2.41. The van der Waals surface area contributed by atoms with E-state index < -0.39 is 10.3 Å². The quantitative estimate of drug-likeness (QED) is 0.608. The summed E-state index contributed by atoms with van der Waals surface area (Å²) in [5.41, 5.74) is 5.43. The summed E-state index contributed by atoms with van der Waals surface area (Å²) in [6.07, 6.45) is 3.99. The van der Waals surface area contributed by atoms with E-state index in [0.717, 1.165) is 12.8 Å². The van der Waals surface area contributed by atoms with Crippen molar-refractivity contribution in [3.05, 3.63) is 22.4 Å². The van der Waals surface area contributed by atoms with Crippen LogP contribution in [0.2, 0.25) is 0 Å². The van der Waals surface area contributed by atoms with E-state index in [4.69, 9.17) is 10.5 Å². The highest BCUT2D eigenvalue weighted by Crippen LogP contribution is 2.43. The largest absolute Gasteiger partial charge is 0.481 e. The first-order valence-corrected chi connectivity index (χ1v) is 8.05.